The normalized spacial score (nSPS) is 29.1. The lowest BCUT2D eigenvalue weighted by atomic mass is 9.83. The molecule has 1 saturated carbocycles. The molecular formula is C11H22N2. The second kappa shape index (κ2) is 4.97. The Balaban J connectivity index is 1.43. The molecule has 0 amide bonds. The third kappa shape index (κ3) is 2.96. The molecule has 1 unspecified atom stereocenters. The lowest BCUT2D eigenvalue weighted by Gasteiger charge is -2.25. The average molecular weight is 182 g/mol. The molecule has 2 rings (SSSR count). The molecule has 0 aromatic rings. The van der Waals surface area contributed by atoms with E-state index in [-0.39, 0.29) is 0 Å². The van der Waals surface area contributed by atoms with Crippen LogP contribution >= 0.6 is 0 Å². The number of hydrogen-bond donors (Lipinski definition) is 2. The van der Waals surface area contributed by atoms with Gasteiger partial charge in [0.1, 0.15) is 0 Å². The van der Waals surface area contributed by atoms with E-state index in [0.29, 0.717) is 0 Å². The Kier molecular flexibility index (Phi) is 3.62. The van der Waals surface area contributed by atoms with E-state index in [9.17, 15) is 0 Å². The minimum atomic E-state index is 0.765. The zero-order valence-corrected chi connectivity index (χ0v) is 8.52. The monoisotopic (exact) mass is 182 g/mol. The summed E-state index contributed by atoms with van der Waals surface area (Å²) < 4.78 is 0. The van der Waals surface area contributed by atoms with E-state index >= 15 is 0 Å². The topological polar surface area (TPSA) is 24.1 Å². The van der Waals surface area contributed by atoms with Crippen LogP contribution in [0.1, 0.15) is 38.5 Å². The first-order chi connectivity index (χ1) is 6.45. The summed E-state index contributed by atoms with van der Waals surface area (Å²) in [6, 6.07) is 0.765. The first kappa shape index (κ1) is 9.47. The van der Waals surface area contributed by atoms with Crippen molar-refractivity contribution in [3.05, 3.63) is 0 Å². The molecule has 0 spiro atoms. The number of hydrogen-bond acceptors (Lipinski definition) is 2. The Labute approximate surface area is 81.5 Å². The zero-order chi connectivity index (χ0) is 8.93. The van der Waals surface area contributed by atoms with Crippen molar-refractivity contribution in [2.45, 2.75) is 44.6 Å². The van der Waals surface area contributed by atoms with Crippen LogP contribution in [-0.4, -0.2) is 25.7 Å². The smallest absolute Gasteiger partial charge is 0.0192 e. The van der Waals surface area contributed by atoms with Gasteiger partial charge in [0.2, 0.25) is 0 Å². The molecule has 1 atom stereocenters. The molecule has 2 fully saturated rings. The van der Waals surface area contributed by atoms with Gasteiger partial charge in [0.15, 0.2) is 0 Å². The van der Waals surface area contributed by atoms with Crippen LogP contribution in [0, 0.1) is 5.92 Å². The van der Waals surface area contributed by atoms with Crippen molar-refractivity contribution >= 4 is 0 Å². The third-order valence-electron chi connectivity index (χ3n) is 3.51. The molecule has 2 N–H and O–H groups in total. The summed E-state index contributed by atoms with van der Waals surface area (Å²) in [4.78, 5) is 0. The summed E-state index contributed by atoms with van der Waals surface area (Å²) in [6.45, 7) is 3.66. The summed E-state index contributed by atoms with van der Waals surface area (Å²) in [5, 5.41) is 7.07. The van der Waals surface area contributed by atoms with Gasteiger partial charge < -0.3 is 10.6 Å². The highest BCUT2D eigenvalue weighted by Crippen LogP contribution is 2.28. The lowest BCUT2D eigenvalue weighted by molar-refractivity contribution is 0.291. The molecule has 0 radical (unpaired) electrons. The van der Waals surface area contributed by atoms with Crippen LogP contribution in [0.3, 0.4) is 0 Å². The number of rotatable bonds is 5. The quantitative estimate of drug-likeness (QED) is 0.630. The van der Waals surface area contributed by atoms with Crippen LogP contribution in [0.2, 0.25) is 0 Å². The minimum Gasteiger partial charge on any atom is -0.315 e. The largest absolute Gasteiger partial charge is 0.315 e. The van der Waals surface area contributed by atoms with Crippen LogP contribution < -0.4 is 10.6 Å². The maximum absolute atomic E-state index is 3.56. The first-order valence-corrected chi connectivity index (χ1v) is 5.89. The Morgan fingerprint density at radius 1 is 1.15 bits per heavy atom. The first-order valence-electron chi connectivity index (χ1n) is 5.89. The van der Waals surface area contributed by atoms with E-state index in [1.165, 1.54) is 58.2 Å². The molecule has 2 heteroatoms. The SMILES string of the molecule is C1CC(CCNCC2CCCN2)C1. The van der Waals surface area contributed by atoms with E-state index < -0.39 is 0 Å². The molecule has 2 nitrogen and oxygen atoms in total. The predicted octanol–water partition coefficient (Wildman–Crippen LogP) is 1.52. The molecule has 1 aliphatic heterocycles. The van der Waals surface area contributed by atoms with Gasteiger partial charge in [-0.15, -0.1) is 0 Å². The van der Waals surface area contributed by atoms with Crippen LogP contribution in [0.25, 0.3) is 0 Å². The van der Waals surface area contributed by atoms with Gasteiger partial charge in [-0.2, -0.15) is 0 Å². The van der Waals surface area contributed by atoms with Crippen LogP contribution in [-0.2, 0) is 0 Å². The van der Waals surface area contributed by atoms with Crippen molar-refractivity contribution in [3.63, 3.8) is 0 Å². The molecule has 1 aliphatic carbocycles. The summed E-state index contributed by atoms with van der Waals surface area (Å²) >= 11 is 0. The Morgan fingerprint density at radius 2 is 2.08 bits per heavy atom. The van der Waals surface area contributed by atoms with Gasteiger partial charge in [0.25, 0.3) is 0 Å². The van der Waals surface area contributed by atoms with E-state index in [0.717, 1.165) is 12.0 Å². The van der Waals surface area contributed by atoms with Gasteiger partial charge in [-0.3, -0.25) is 0 Å². The predicted molar refractivity (Wildman–Crippen MR) is 55.9 cm³/mol. The molecule has 1 saturated heterocycles. The Morgan fingerprint density at radius 3 is 2.69 bits per heavy atom. The fraction of sp³-hybridized carbons (Fsp3) is 1.00. The van der Waals surface area contributed by atoms with E-state index in [1.54, 1.807) is 0 Å². The summed E-state index contributed by atoms with van der Waals surface area (Å²) in [5.74, 6) is 1.06. The minimum absolute atomic E-state index is 0.765. The fourth-order valence-electron chi connectivity index (χ4n) is 2.29. The van der Waals surface area contributed by atoms with Gasteiger partial charge in [0, 0.05) is 12.6 Å². The highest BCUT2D eigenvalue weighted by Gasteiger charge is 2.17. The molecule has 13 heavy (non-hydrogen) atoms. The standard InChI is InChI=1S/C11H22N2/c1-3-10(4-1)6-8-12-9-11-5-2-7-13-11/h10-13H,1-9H2. The van der Waals surface area contributed by atoms with Crippen molar-refractivity contribution < 1.29 is 0 Å². The molecule has 0 aromatic heterocycles. The van der Waals surface area contributed by atoms with Gasteiger partial charge in [-0.25, -0.2) is 0 Å². The third-order valence-corrected chi connectivity index (χ3v) is 3.51. The van der Waals surface area contributed by atoms with Crippen molar-refractivity contribution in [2.24, 2.45) is 5.92 Å². The van der Waals surface area contributed by atoms with Crippen molar-refractivity contribution in [3.8, 4) is 0 Å². The highest BCUT2D eigenvalue weighted by atomic mass is 15.0. The molecule has 76 valence electrons. The highest BCUT2D eigenvalue weighted by molar-refractivity contribution is 4.77. The molecule has 1 heterocycles. The number of nitrogens with one attached hydrogen (secondary N) is 2. The van der Waals surface area contributed by atoms with E-state index in [1.807, 2.05) is 0 Å². The lowest BCUT2D eigenvalue weighted by Crippen LogP contribution is -2.35. The maximum Gasteiger partial charge on any atom is 0.0192 e. The second-order valence-corrected chi connectivity index (χ2v) is 4.58. The molecule has 2 aliphatic rings. The zero-order valence-electron chi connectivity index (χ0n) is 8.52. The molecular weight excluding hydrogens is 160 g/mol. The van der Waals surface area contributed by atoms with Crippen LogP contribution in [0.15, 0.2) is 0 Å². The Hall–Kier alpha value is -0.0800. The van der Waals surface area contributed by atoms with Crippen LogP contribution in [0.4, 0.5) is 0 Å². The van der Waals surface area contributed by atoms with Crippen molar-refractivity contribution in [1.29, 1.82) is 0 Å². The van der Waals surface area contributed by atoms with Crippen molar-refractivity contribution in [2.75, 3.05) is 19.6 Å². The Bertz CT molecular complexity index is 137. The summed E-state index contributed by atoms with van der Waals surface area (Å²) in [6.07, 6.45) is 8.61. The van der Waals surface area contributed by atoms with Crippen molar-refractivity contribution in [1.82, 2.24) is 10.6 Å². The average Bonchev–Trinajstić information content (AvgIpc) is 2.53. The van der Waals surface area contributed by atoms with Crippen LogP contribution in [0.5, 0.6) is 0 Å². The summed E-state index contributed by atoms with van der Waals surface area (Å²) in [5.41, 5.74) is 0. The van der Waals surface area contributed by atoms with Gasteiger partial charge >= 0.3 is 0 Å². The summed E-state index contributed by atoms with van der Waals surface area (Å²) in [7, 11) is 0. The van der Waals surface area contributed by atoms with Gasteiger partial charge in [-0.1, -0.05) is 19.3 Å². The maximum atomic E-state index is 3.56. The second-order valence-electron chi connectivity index (χ2n) is 4.58. The van der Waals surface area contributed by atoms with E-state index in [2.05, 4.69) is 10.6 Å². The van der Waals surface area contributed by atoms with Gasteiger partial charge in [0.05, 0.1) is 0 Å². The molecule has 0 aromatic carbocycles. The van der Waals surface area contributed by atoms with Gasteiger partial charge in [-0.05, 0) is 38.3 Å². The molecule has 0 bridgehead atoms. The fourth-order valence-corrected chi connectivity index (χ4v) is 2.29. The van der Waals surface area contributed by atoms with E-state index in [4.69, 9.17) is 0 Å².